The van der Waals surface area contributed by atoms with Crippen molar-refractivity contribution in [2.45, 2.75) is 32.4 Å². The molecular weight excluding hydrogens is 412 g/mol. The number of morpholine rings is 1. The van der Waals surface area contributed by atoms with Crippen LogP contribution in [0.1, 0.15) is 36.0 Å². The van der Waals surface area contributed by atoms with Gasteiger partial charge in [0.2, 0.25) is 0 Å². The second-order valence-corrected chi connectivity index (χ2v) is 9.84. The molecule has 6 rings (SSSR count). The molecule has 1 saturated carbocycles. The quantitative estimate of drug-likeness (QED) is 0.580. The fraction of sp³-hybridized carbons (Fsp3) is 0.538. The van der Waals surface area contributed by atoms with Crippen LogP contribution in [-0.2, 0) is 11.3 Å². The summed E-state index contributed by atoms with van der Waals surface area (Å²) in [5.74, 6) is 2.10. The van der Waals surface area contributed by atoms with Crippen LogP contribution in [0, 0.1) is 12.8 Å². The zero-order chi connectivity index (χ0) is 22.2. The summed E-state index contributed by atoms with van der Waals surface area (Å²) in [6.07, 6.45) is 5.05. The Kier molecular flexibility index (Phi) is 5.78. The summed E-state index contributed by atoms with van der Waals surface area (Å²) < 4.78 is 7.86. The van der Waals surface area contributed by atoms with Gasteiger partial charge in [-0.25, -0.2) is 4.98 Å². The van der Waals surface area contributed by atoms with Crippen LogP contribution >= 0.6 is 0 Å². The van der Waals surface area contributed by atoms with Gasteiger partial charge < -0.3 is 9.64 Å². The van der Waals surface area contributed by atoms with Crippen molar-refractivity contribution in [1.82, 2.24) is 24.2 Å². The molecule has 0 amide bonds. The average molecular weight is 447 g/mol. The van der Waals surface area contributed by atoms with Crippen LogP contribution in [0.25, 0.3) is 5.65 Å². The predicted molar refractivity (Wildman–Crippen MR) is 130 cm³/mol. The predicted octanol–water partition coefficient (Wildman–Crippen LogP) is 3.14. The molecule has 7 heteroatoms. The summed E-state index contributed by atoms with van der Waals surface area (Å²) in [5, 5.41) is 0. The molecule has 1 atom stereocenters. The van der Waals surface area contributed by atoms with E-state index in [1.807, 2.05) is 0 Å². The molecule has 174 valence electrons. The van der Waals surface area contributed by atoms with E-state index >= 15 is 0 Å². The Morgan fingerprint density at radius 3 is 2.64 bits per heavy atom. The molecule has 7 nitrogen and oxygen atoms in total. The summed E-state index contributed by atoms with van der Waals surface area (Å²) in [6, 6.07) is 13.1. The van der Waals surface area contributed by atoms with Gasteiger partial charge in [0.1, 0.15) is 11.5 Å². The lowest BCUT2D eigenvalue weighted by molar-refractivity contribution is 0.0633. The fourth-order valence-corrected chi connectivity index (χ4v) is 5.29. The molecule has 3 aromatic heterocycles. The Bertz CT molecular complexity index is 1100. The fourth-order valence-electron chi connectivity index (χ4n) is 5.29. The maximum atomic E-state index is 5.57. The highest BCUT2D eigenvalue weighted by molar-refractivity contribution is 5.53. The number of nitrogens with zero attached hydrogens (tertiary/aromatic N) is 6. The van der Waals surface area contributed by atoms with Crippen molar-refractivity contribution in [3.63, 3.8) is 0 Å². The third-order valence-electron chi connectivity index (χ3n) is 7.26. The number of fused-ring (bicyclic) bond motifs is 1. The van der Waals surface area contributed by atoms with Crippen molar-refractivity contribution < 1.29 is 4.74 Å². The molecule has 0 spiro atoms. The Labute approximate surface area is 196 Å². The Morgan fingerprint density at radius 2 is 1.82 bits per heavy atom. The first-order chi connectivity index (χ1) is 16.2. The summed E-state index contributed by atoms with van der Waals surface area (Å²) in [4.78, 5) is 17.6. The van der Waals surface area contributed by atoms with E-state index in [9.17, 15) is 0 Å². The minimum absolute atomic E-state index is 0.321. The molecule has 0 bridgehead atoms. The average Bonchev–Trinajstić information content (AvgIpc) is 3.54. The largest absolute Gasteiger partial charge is 0.378 e. The molecule has 1 aliphatic carbocycles. The zero-order valence-corrected chi connectivity index (χ0v) is 19.6. The molecular formula is C26H34N6O. The van der Waals surface area contributed by atoms with Crippen molar-refractivity contribution in [2.24, 2.45) is 5.92 Å². The van der Waals surface area contributed by atoms with Crippen LogP contribution in [0.2, 0.25) is 0 Å². The highest BCUT2D eigenvalue weighted by Crippen LogP contribution is 2.35. The van der Waals surface area contributed by atoms with Crippen LogP contribution in [0.15, 0.2) is 42.6 Å². The van der Waals surface area contributed by atoms with Gasteiger partial charge in [-0.3, -0.25) is 19.2 Å². The third kappa shape index (κ3) is 4.63. The first-order valence-electron chi connectivity index (χ1n) is 12.4. The molecule has 0 radical (unpaired) electrons. The first-order valence-corrected chi connectivity index (χ1v) is 12.4. The topological polar surface area (TPSA) is 49.1 Å². The van der Waals surface area contributed by atoms with Crippen LogP contribution in [0.3, 0.4) is 0 Å². The van der Waals surface area contributed by atoms with Gasteiger partial charge in [0.05, 0.1) is 30.6 Å². The second-order valence-electron chi connectivity index (χ2n) is 9.84. The number of imidazole rings is 1. The Morgan fingerprint density at radius 1 is 0.970 bits per heavy atom. The van der Waals surface area contributed by atoms with Gasteiger partial charge in [0.15, 0.2) is 0 Å². The number of pyridine rings is 2. The lowest BCUT2D eigenvalue weighted by Crippen LogP contribution is -2.48. The van der Waals surface area contributed by atoms with E-state index in [1.54, 1.807) is 0 Å². The number of anilines is 1. The van der Waals surface area contributed by atoms with Crippen LogP contribution in [0.4, 0.5) is 5.82 Å². The first kappa shape index (κ1) is 21.1. The SMILES string of the molecule is Cc1cccc(CN2CCN(CC3CC3)[C@H](c3cn4c(N5CCOCC5)cccc4n3)C2)n1. The molecule has 2 saturated heterocycles. The van der Waals surface area contributed by atoms with Crippen LogP contribution in [0.5, 0.6) is 0 Å². The zero-order valence-electron chi connectivity index (χ0n) is 19.6. The van der Waals surface area contributed by atoms with Crippen LogP contribution in [-0.4, -0.2) is 76.7 Å². The summed E-state index contributed by atoms with van der Waals surface area (Å²) in [6.45, 7) is 10.8. The van der Waals surface area contributed by atoms with Gasteiger partial charge in [0, 0.05) is 57.7 Å². The second kappa shape index (κ2) is 9.05. The molecule has 3 aromatic rings. The van der Waals surface area contributed by atoms with E-state index < -0.39 is 0 Å². The van der Waals surface area contributed by atoms with Crippen molar-refractivity contribution >= 4 is 11.5 Å². The summed E-state index contributed by atoms with van der Waals surface area (Å²) in [7, 11) is 0. The van der Waals surface area contributed by atoms with Crippen molar-refractivity contribution in [2.75, 3.05) is 57.4 Å². The van der Waals surface area contributed by atoms with Gasteiger partial charge in [-0.1, -0.05) is 12.1 Å². The van der Waals surface area contributed by atoms with E-state index in [0.29, 0.717) is 6.04 Å². The van der Waals surface area contributed by atoms with Crippen molar-refractivity contribution in [1.29, 1.82) is 0 Å². The highest BCUT2D eigenvalue weighted by atomic mass is 16.5. The van der Waals surface area contributed by atoms with Crippen molar-refractivity contribution in [3.05, 3.63) is 59.7 Å². The number of hydrogen-bond donors (Lipinski definition) is 0. The van der Waals surface area contributed by atoms with E-state index in [0.717, 1.165) is 75.4 Å². The molecule has 5 heterocycles. The Balaban J connectivity index is 1.28. The van der Waals surface area contributed by atoms with Crippen molar-refractivity contribution in [3.8, 4) is 0 Å². The van der Waals surface area contributed by atoms with Gasteiger partial charge in [0.25, 0.3) is 0 Å². The van der Waals surface area contributed by atoms with E-state index in [2.05, 4.69) is 68.6 Å². The monoisotopic (exact) mass is 446 g/mol. The molecule has 0 aromatic carbocycles. The number of aromatic nitrogens is 3. The van der Waals surface area contributed by atoms with Crippen LogP contribution < -0.4 is 4.90 Å². The van der Waals surface area contributed by atoms with Gasteiger partial charge >= 0.3 is 0 Å². The van der Waals surface area contributed by atoms with E-state index in [4.69, 9.17) is 14.7 Å². The molecule has 0 N–H and O–H groups in total. The molecule has 33 heavy (non-hydrogen) atoms. The molecule has 3 aliphatic rings. The number of piperazine rings is 1. The lowest BCUT2D eigenvalue weighted by Gasteiger charge is -2.40. The minimum atomic E-state index is 0.321. The highest BCUT2D eigenvalue weighted by Gasteiger charge is 2.34. The number of hydrogen-bond acceptors (Lipinski definition) is 6. The van der Waals surface area contributed by atoms with Gasteiger partial charge in [-0.2, -0.15) is 0 Å². The van der Waals surface area contributed by atoms with Gasteiger partial charge in [-0.05, 0) is 49.9 Å². The third-order valence-corrected chi connectivity index (χ3v) is 7.26. The summed E-state index contributed by atoms with van der Waals surface area (Å²) >= 11 is 0. The lowest BCUT2D eigenvalue weighted by atomic mass is 10.1. The number of aryl methyl sites for hydroxylation is 1. The van der Waals surface area contributed by atoms with Gasteiger partial charge in [-0.15, -0.1) is 0 Å². The van der Waals surface area contributed by atoms with E-state index in [-0.39, 0.29) is 0 Å². The minimum Gasteiger partial charge on any atom is -0.378 e. The van der Waals surface area contributed by atoms with E-state index in [1.165, 1.54) is 30.9 Å². The molecule has 2 aliphatic heterocycles. The maximum absolute atomic E-state index is 5.57. The smallest absolute Gasteiger partial charge is 0.138 e. The molecule has 0 unspecified atom stereocenters. The maximum Gasteiger partial charge on any atom is 0.138 e. The number of rotatable bonds is 6. The number of ether oxygens (including phenoxy) is 1. The standard InChI is InChI=1S/C26H34N6O/c1-20-4-2-5-22(27-20)17-29-10-11-31(16-21-8-9-21)24(19-29)23-18-32-25(28-23)6-3-7-26(32)30-12-14-33-15-13-30/h2-7,18,21,24H,8-17,19H2,1H3/t24-/m0/s1. The Hall–Kier alpha value is -2.48. The molecule has 3 fully saturated rings. The summed E-state index contributed by atoms with van der Waals surface area (Å²) in [5.41, 5.74) is 4.48. The normalized spacial score (nSPS) is 22.8.